The van der Waals surface area contributed by atoms with Crippen molar-refractivity contribution in [2.75, 3.05) is 13.2 Å². The molecule has 0 aromatic rings. The minimum atomic E-state index is -0.777. The first kappa shape index (κ1) is 73.1. The summed E-state index contributed by atoms with van der Waals surface area (Å²) in [4.78, 5) is 38.4. The molecule has 0 N–H and O–H groups in total. The largest absolute Gasteiger partial charge is 0.462 e. The van der Waals surface area contributed by atoms with E-state index in [1.165, 1.54) is 225 Å². The van der Waals surface area contributed by atoms with Crippen molar-refractivity contribution in [1.82, 2.24) is 0 Å². The first-order chi connectivity index (χ1) is 37.5. The summed E-state index contributed by atoms with van der Waals surface area (Å²) >= 11 is 0. The second kappa shape index (κ2) is 64.6. The van der Waals surface area contributed by atoms with Crippen LogP contribution in [0.3, 0.4) is 0 Å². The molecule has 0 rings (SSSR count). The van der Waals surface area contributed by atoms with Gasteiger partial charge in [0.15, 0.2) is 6.10 Å². The van der Waals surface area contributed by atoms with Crippen molar-refractivity contribution in [3.05, 3.63) is 60.8 Å². The molecule has 6 nitrogen and oxygen atoms in total. The zero-order valence-corrected chi connectivity index (χ0v) is 50.8. The molecule has 0 amide bonds. The standard InChI is InChI=1S/C70H126O6/c1-4-7-10-13-16-19-22-25-28-31-33-34-35-36-37-40-42-45-48-51-54-57-60-63-69(72)75-66-67(65-74-68(71)62-59-56-53-50-47-44-41-38-30-27-24-21-18-15-12-9-6-3)76-70(73)64-61-58-55-52-49-46-43-39-32-29-26-23-20-17-14-11-8-5-2/h7,10,16,19,25,28-29,32-34,67H,4-6,8-9,11-15,17-18,20-24,26-27,30-31,35-66H2,1-3H3/b10-7-,19-16-,28-25-,32-29-,34-33-. The molecule has 0 radical (unpaired) electrons. The maximum absolute atomic E-state index is 12.9. The van der Waals surface area contributed by atoms with E-state index < -0.39 is 6.10 Å². The molecule has 0 heterocycles. The molecule has 0 saturated carbocycles. The molecule has 442 valence electrons. The van der Waals surface area contributed by atoms with E-state index in [0.717, 1.165) is 83.5 Å². The molecule has 0 aliphatic carbocycles. The van der Waals surface area contributed by atoms with Crippen LogP contribution in [0.4, 0.5) is 0 Å². The van der Waals surface area contributed by atoms with Crippen LogP contribution in [0.1, 0.15) is 348 Å². The van der Waals surface area contributed by atoms with Crippen molar-refractivity contribution in [2.45, 2.75) is 354 Å². The molecule has 6 heteroatoms. The van der Waals surface area contributed by atoms with Crippen molar-refractivity contribution in [3.63, 3.8) is 0 Å². The van der Waals surface area contributed by atoms with Gasteiger partial charge in [0.1, 0.15) is 13.2 Å². The maximum Gasteiger partial charge on any atom is 0.306 e. The van der Waals surface area contributed by atoms with Crippen LogP contribution < -0.4 is 0 Å². The van der Waals surface area contributed by atoms with E-state index in [1.54, 1.807) is 0 Å². The van der Waals surface area contributed by atoms with Crippen molar-refractivity contribution >= 4 is 17.9 Å². The number of carbonyl (C=O) groups is 3. The molecule has 0 aliphatic heterocycles. The predicted octanol–water partition coefficient (Wildman–Crippen LogP) is 22.7. The van der Waals surface area contributed by atoms with Gasteiger partial charge in [-0.25, -0.2) is 0 Å². The zero-order valence-electron chi connectivity index (χ0n) is 50.8. The normalized spacial score (nSPS) is 12.4. The fraction of sp³-hybridized carbons (Fsp3) is 0.814. The second-order valence-electron chi connectivity index (χ2n) is 22.4. The number of hydrogen-bond acceptors (Lipinski definition) is 6. The van der Waals surface area contributed by atoms with E-state index in [4.69, 9.17) is 14.2 Å². The van der Waals surface area contributed by atoms with Gasteiger partial charge in [0.05, 0.1) is 0 Å². The van der Waals surface area contributed by atoms with Crippen LogP contribution in [0, 0.1) is 0 Å². The summed E-state index contributed by atoms with van der Waals surface area (Å²) in [6.07, 6.45) is 82.2. The van der Waals surface area contributed by atoms with E-state index in [0.29, 0.717) is 19.3 Å². The third-order valence-corrected chi connectivity index (χ3v) is 14.8. The van der Waals surface area contributed by atoms with Gasteiger partial charge in [-0.1, -0.05) is 306 Å². The smallest absolute Gasteiger partial charge is 0.306 e. The highest BCUT2D eigenvalue weighted by molar-refractivity contribution is 5.71. The van der Waals surface area contributed by atoms with Crippen molar-refractivity contribution < 1.29 is 28.6 Å². The highest BCUT2D eigenvalue weighted by Crippen LogP contribution is 2.17. The Balaban J connectivity index is 4.34. The van der Waals surface area contributed by atoms with Gasteiger partial charge in [-0.05, 0) is 83.5 Å². The van der Waals surface area contributed by atoms with E-state index >= 15 is 0 Å². The molecule has 1 atom stereocenters. The Morgan fingerprint density at radius 2 is 0.513 bits per heavy atom. The van der Waals surface area contributed by atoms with Gasteiger partial charge >= 0.3 is 17.9 Å². The summed E-state index contributed by atoms with van der Waals surface area (Å²) in [5.41, 5.74) is 0. The molecule has 0 bridgehead atoms. The van der Waals surface area contributed by atoms with E-state index in [2.05, 4.69) is 81.5 Å². The highest BCUT2D eigenvalue weighted by atomic mass is 16.6. The quantitative estimate of drug-likeness (QED) is 0.0261. The van der Waals surface area contributed by atoms with Gasteiger partial charge in [-0.3, -0.25) is 14.4 Å². The van der Waals surface area contributed by atoms with Crippen molar-refractivity contribution in [1.29, 1.82) is 0 Å². The molecule has 0 fully saturated rings. The van der Waals surface area contributed by atoms with Gasteiger partial charge in [0.25, 0.3) is 0 Å². The Morgan fingerprint density at radius 1 is 0.276 bits per heavy atom. The lowest BCUT2D eigenvalue weighted by molar-refractivity contribution is -0.167. The van der Waals surface area contributed by atoms with Crippen LogP contribution in [0.15, 0.2) is 60.8 Å². The third-order valence-electron chi connectivity index (χ3n) is 14.8. The fourth-order valence-corrected chi connectivity index (χ4v) is 9.79. The van der Waals surface area contributed by atoms with Gasteiger partial charge in [-0.15, -0.1) is 0 Å². The molecule has 76 heavy (non-hydrogen) atoms. The second-order valence-corrected chi connectivity index (χ2v) is 22.4. The molecule has 0 spiro atoms. The predicted molar refractivity (Wildman–Crippen MR) is 330 cm³/mol. The van der Waals surface area contributed by atoms with Crippen molar-refractivity contribution in [3.8, 4) is 0 Å². The van der Waals surface area contributed by atoms with Crippen LogP contribution in [0.2, 0.25) is 0 Å². The van der Waals surface area contributed by atoms with Gasteiger partial charge < -0.3 is 14.2 Å². The Kier molecular flexibility index (Phi) is 62.2. The van der Waals surface area contributed by atoms with Crippen LogP contribution in [0.25, 0.3) is 0 Å². The number of rotatable bonds is 61. The summed E-state index contributed by atoms with van der Waals surface area (Å²) < 4.78 is 17.0. The average Bonchev–Trinajstić information content (AvgIpc) is 3.42. The minimum Gasteiger partial charge on any atom is -0.462 e. The lowest BCUT2D eigenvalue weighted by Gasteiger charge is -2.18. The summed E-state index contributed by atoms with van der Waals surface area (Å²) in [6.45, 7) is 6.58. The molecule has 1 unspecified atom stereocenters. The Hall–Kier alpha value is -2.89. The summed E-state index contributed by atoms with van der Waals surface area (Å²) in [5.74, 6) is -0.860. The summed E-state index contributed by atoms with van der Waals surface area (Å²) in [6, 6.07) is 0. The average molecular weight is 1060 g/mol. The van der Waals surface area contributed by atoms with Crippen LogP contribution >= 0.6 is 0 Å². The Morgan fingerprint density at radius 3 is 0.816 bits per heavy atom. The first-order valence-corrected chi connectivity index (χ1v) is 33.3. The lowest BCUT2D eigenvalue weighted by Crippen LogP contribution is -2.30. The minimum absolute atomic E-state index is 0.0730. The van der Waals surface area contributed by atoms with Crippen LogP contribution in [-0.2, 0) is 28.6 Å². The van der Waals surface area contributed by atoms with E-state index in [9.17, 15) is 14.4 Å². The van der Waals surface area contributed by atoms with Gasteiger partial charge in [0.2, 0.25) is 0 Å². The Bertz CT molecular complexity index is 1360. The monoisotopic (exact) mass is 1060 g/mol. The van der Waals surface area contributed by atoms with Crippen LogP contribution in [0.5, 0.6) is 0 Å². The topological polar surface area (TPSA) is 78.9 Å². The van der Waals surface area contributed by atoms with Gasteiger partial charge in [-0.2, -0.15) is 0 Å². The molecule has 0 aromatic heterocycles. The number of allylic oxidation sites excluding steroid dienone is 10. The maximum atomic E-state index is 12.9. The number of ether oxygens (including phenoxy) is 3. The third kappa shape index (κ3) is 62.0. The SMILES string of the molecule is CC/C=C\C/C=C\C/C=C\C/C=C\CCCCCCCCCCCCC(=O)OCC(COC(=O)CCCCCCCCCCCCCCCCCCC)OC(=O)CCCCCCCCC/C=C\CCCCCCCCC. The molecule has 0 aromatic carbocycles. The number of unbranched alkanes of at least 4 members (excludes halogenated alkanes) is 40. The number of hydrogen-bond donors (Lipinski definition) is 0. The lowest BCUT2D eigenvalue weighted by atomic mass is 10.0. The fourth-order valence-electron chi connectivity index (χ4n) is 9.79. The Labute approximate surface area is 472 Å². The first-order valence-electron chi connectivity index (χ1n) is 33.3. The van der Waals surface area contributed by atoms with Gasteiger partial charge in [0, 0.05) is 19.3 Å². The molecular formula is C70H126O6. The van der Waals surface area contributed by atoms with Crippen molar-refractivity contribution in [2.24, 2.45) is 0 Å². The molecular weight excluding hydrogens is 937 g/mol. The summed E-state index contributed by atoms with van der Waals surface area (Å²) in [7, 11) is 0. The van der Waals surface area contributed by atoms with E-state index in [1.807, 2.05) is 0 Å². The van der Waals surface area contributed by atoms with Crippen LogP contribution in [-0.4, -0.2) is 37.2 Å². The highest BCUT2D eigenvalue weighted by Gasteiger charge is 2.19. The molecule has 0 aliphatic rings. The summed E-state index contributed by atoms with van der Waals surface area (Å²) in [5, 5.41) is 0. The zero-order chi connectivity index (χ0) is 55.0. The number of esters is 3. The molecule has 0 saturated heterocycles. The number of carbonyl (C=O) groups excluding carboxylic acids is 3. The van der Waals surface area contributed by atoms with E-state index in [-0.39, 0.29) is 31.1 Å².